The molecular formula is C16H19BrF3NO3. The highest BCUT2D eigenvalue weighted by molar-refractivity contribution is 9.10. The zero-order chi connectivity index (χ0) is 18.1. The lowest BCUT2D eigenvalue weighted by atomic mass is 10.0. The van der Waals surface area contributed by atoms with Crippen LogP contribution in [0.1, 0.15) is 26.3 Å². The highest BCUT2D eigenvalue weighted by atomic mass is 79.9. The Bertz CT molecular complexity index is 619. The Kier molecular flexibility index (Phi) is 5.49. The lowest BCUT2D eigenvalue weighted by molar-refractivity contribution is -0.171. The Labute approximate surface area is 147 Å². The molecule has 0 saturated carbocycles. The normalized spacial score (nSPS) is 19.3. The molecule has 1 aliphatic heterocycles. The van der Waals surface area contributed by atoms with Gasteiger partial charge in [0.2, 0.25) is 0 Å². The highest BCUT2D eigenvalue weighted by Crippen LogP contribution is 2.38. The molecule has 134 valence electrons. The number of hydrogen-bond acceptors (Lipinski definition) is 3. The van der Waals surface area contributed by atoms with Gasteiger partial charge in [-0.1, -0.05) is 6.07 Å². The quantitative estimate of drug-likeness (QED) is 0.729. The summed E-state index contributed by atoms with van der Waals surface area (Å²) in [5.41, 5.74) is -1.50. The van der Waals surface area contributed by atoms with Gasteiger partial charge >= 0.3 is 12.0 Å². The van der Waals surface area contributed by atoms with Gasteiger partial charge in [-0.25, -0.2) is 9.18 Å². The number of benzene rings is 1. The average Bonchev–Trinajstić information content (AvgIpc) is 2.48. The largest absolute Gasteiger partial charge is 0.444 e. The highest BCUT2D eigenvalue weighted by Gasteiger charge is 2.47. The van der Waals surface area contributed by atoms with Gasteiger partial charge < -0.3 is 14.4 Å². The molecule has 0 aliphatic carbocycles. The van der Waals surface area contributed by atoms with E-state index in [1.54, 1.807) is 20.8 Å². The minimum atomic E-state index is -3.59. The Morgan fingerprint density at radius 1 is 1.38 bits per heavy atom. The maximum Gasteiger partial charge on any atom is 0.410 e. The number of nitrogens with zero attached hydrogens (tertiary/aromatic N) is 1. The molecule has 1 amide bonds. The molecule has 0 spiro atoms. The van der Waals surface area contributed by atoms with Crippen LogP contribution in [-0.2, 0) is 15.4 Å². The van der Waals surface area contributed by atoms with Crippen molar-refractivity contribution >= 4 is 22.0 Å². The molecule has 0 aromatic heterocycles. The second kappa shape index (κ2) is 6.92. The van der Waals surface area contributed by atoms with E-state index in [0.717, 1.165) is 11.0 Å². The van der Waals surface area contributed by atoms with Crippen LogP contribution in [0.25, 0.3) is 0 Å². The van der Waals surface area contributed by atoms with Crippen LogP contribution in [-0.4, -0.2) is 42.4 Å². The number of amides is 1. The summed E-state index contributed by atoms with van der Waals surface area (Å²) >= 11 is 2.90. The summed E-state index contributed by atoms with van der Waals surface area (Å²) in [5.74, 6) is -4.63. The summed E-state index contributed by atoms with van der Waals surface area (Å²) in [4.78, 5) is 13.2. The van der Waals surface area contributed by atoms with Crippen LogP contribution in [0.15, 0.2) is 22.7 Å². The predicted molar refractivity (Wildman–Crippen MR) is 85.5 cm³/mol. The number of hydrogen-bond donors (Lipinski definition) is 0. The lowest BCUT2D eigenvalue weighted by Crippen LogP contribution is -2.52. The molecule has 24 heavy (non-hydrogen) atoms. The Morgan fingerprint density at radius 2 is 2.04 bits per heavy atom. The van der Waals surface area contributed by atoms with E-state index in [1.165, 1.54) is 12.1 Å². The molecule has 1 aromatic rings. The standard InChI is InChI=1S/C16H19BrF3NO3/c1-15(2,3)24-14(22)21-7-8-23-12(9-21)16(19,20)10-5-4-6-11(17)13(10)18/h4-6,12H,7-9H2,1-3H3. The SMILES string of the molecule is CC(C)(C)OC(=O)N1CCOC(C(F)(F)c2cccc(Br)c2F)C1. The zero-order valence-corrected chi connectivity index (χ0v) is 15.2. The molecule has 1 saturated heterocycles. The van der Waals surface area contributed by atoms with Crippen molar-refractivity contribution in [1.82, 2.24) is 4.90 Å². The van der Waals surface area contributed by atoms with Crippen molar-refractivity contribution in [3.8, 4) is 0 Å². The molecule has 0 N–H and O–H groups in total. The molecule has 0 radical (unpaired) electrons. The van der Waals surface area contributed by atoms with Crippen LogP contribution in [0, 0.1) is 5.82 Å². The minimum absolute atomic E-state index is 0.0560. The molecule has 1 unspecified atom stereocenters. The topological polar surface area (TPSA) is 38.8 Å². The number of carbonyl (C=O) groups excluding carboxylic acids is 1. The Hall–Kier alpha value is -1.28. The molecular weight excluding hydrogens is 391 g/mol. The second-order valence-electron chi connectivity index (χ2n) is 6.51. The van der Waals surface area contributed by atoms with Gasteiger partial charge in [-0.3, -0.25) is 0 Å². The monoisotopic (exact) mass is 409 g/mol. The number of halogens is 4. The third-order valence-electron chi connectivity index (χ3n) is 3.43. The van der Waals surface area contributed by atoms with Crippen molar-refractivity contribution < 1.29 is 27.4 Å². The fourth-order valence-corrected chi connectivity index (χ4v) is 2.66. The molecule has 1 fully saturated rings. The van der Waals surface area contributed by atoms with Crippen LogP contribution in [0.4, 0.5) is 18.0 Å². The maximum atomic E-state index is 14.7. The number of alkyl halides is 2. The number of morpholine rings is 1. The first-order valence-electron chi connectivity index (χ1n) is 7.44. The van der Waals surface area contributed by atoms with E-state index < -0.39 is 35.1 Å². The van der Waals surface area contributed by atoms with E-state index in [2.05, 4.69) is 15.9 Å². The van der Waals surface area contributed by atoms with Crippen molar-refractivity contribution in [2.45, 2.75) is 38.4 Å². The van der Waals surface area contributed by atoms with Crippen LogP contribution in [0.3, 0.4) is 0 Å². The number of carbonyl (C=O) groups is 1. The number of ether oxygens (including phenoxy) is 2. The van der Waals surface area contributed by atoms with Crippen molar-refractivity contribution in [3.63, 3.8) is 0 Å². The summed E-state index contributed by atoms with van der Waals surface area (Å²) in [6, 6.07) is 3.67. The maximum absolute atomic E-state index is 14.7. The smallest absolute Gasteiger partial charge is 0.410 e. The van der Waals surface area contributed by atoms with Crippen LogP contribution in [0.2, 0.25) is 0 Å². The first-order valence-corrected chi connectivity index (χ1v) is 8.23. The Balaban J connectivity index is 2.19. The minimum Gasteiger partial charge on any atom is -0.444 e. The summed E-state index contributed by atoms with van der Waals surface area (Å²) in [7, 11) is 0. The number of rotatable bonds is 2. The van der Waals surface area contributed by atoms with Gasteiger partial charge in [0.05, 0.1) is 23.2 Å². The molecule has 1 atom stereocenters. The van der Waals surface area contributed by atoms with E-state index in [1.807, 2.05) is 0 Å². The van der Waals surface area contributed by atoms with Crippen molar-refractivity contribution in [2.24, 2.45) is 0 Å². The fourth-order valence-electron chi connectivity index (χ4n) is 2.30. The summed E-state index contributed by atoms with van der Waals surface area (Å²) in [6.45, 7) is 4.75. The fraction of sp³-hybridized carbons (Fsp3) is 0.562. The second-order valence-corrected chi connectivity index (χ2v) is 7.36. The average molecular weight is 410 g/mol. The van der Waals surface area contributed by atoms with E-state index in [0.29, 0.717) is 0 Å². The van der Waals surface area contributed by atoms with Crippen LogP contribution in [0.5, 0.6) is 0 Å². The van der Waals surface area contributed by atoms with Crippen molar-refractivity contribution in [3.05, 3.63) is 34.1 Å². The summed E-state index contributed by atoms with van der Waals surface area (Å²) in [6.07, 6.45) is -2.34. The van der Waals surface area contributed by atoms with Crippen molar-refractivity contribution in [1.29, 1.82) is 0 Å². The predicted octanol–water partition coefficient (Wildman–Crippen LogP) is 4.32. The first kappa shape index (κ1) is 19.1. The van der Waals surface area contributed by atoms with Gasteiger partial charge in [0.25, 0.3) is 0 Å². The van der Waals surface area contributed by atoms with E-state index in [9.17, 15) is 18.0 Å². The summed E-state index contributed by atoms with van der Waals surface area (Å²) < 4.78 is 53.7. The van der Waals surface area contributed by atoms with Gasteiger partial charge in [-0.05, 0) is 48.8 Å². The third-order valence-corrected chi connectivity index (χ3v) is 4.05. The lowest BCUT2D eigenvalue weighted by Gasteiger charge is -2.37. The van der Waals surface area contributed by atoms with Crippen LogP contribution >= 0.6 is 15.9 Å². The molecule has 0 bridgehead atoms. The first-order chi connectivity index (χ1) is 11.0. The molecule has 1 aromatic carbocycles. The third kappa shape index (κ3) is 4.22. The van der Waals surface area contributed by atoms with Gasteiger partial charge in [0, 0.05) is 6.54 Å². The van der Waals surface area contributed by atoms with Gasteiger partial charge in [-0.2, -0.15) is 8.78 Å². The van der Waals surface area contributed by atoms with E-state index in [-0.39, 0.29) is 24.2 Å². The molecule has 1 aliphatic rings. The molecule has 1 heterocycles. The van der Waals surface area contributed by atoms with E-state index >= 15 is 0 Å². The van der Waals surface area contributed by atoms with Crippen molar-refractivity contribution in [2.75, 3.05) is 19.7 Å². The molecule has 8 heteroatoms. The van der Waals surface area contributed by atoms with Gasteiger partial charge in [0.15, 0.2) is 0 Å². The van der Waals surface area contributed by atoms with Gasteiger partial charge in [0.1, 0.15) is 17.5 Å². The molecule has 2 rings (SSSR count). The van der Waals surface area contributed by atoms with Gasteiger partial charge in [-0.15, -0.1) is 0 Å². The Morgan fingerprint density at radius 3 is 2.67 bits per heavy atom. The van der Waals surface area contributed by atoms with E-state index in [4.69, 9.17) is 9.47 Å². The van der Waals surface area contributed by atoms with Crippen LogP contribution < -0.4 is 0 Å². The summed E-state index contributed by atoms with van der Waals surface area (Å²) in [5, 5.41) is 0. The zero-order valence-electron chi connectivity index (χ0n) is 13.6. The molecule has 4 nitrogen and oxygen atoms in total.